The summed E-state index contributed by atoms with van der Waals surface area (Å²) >= 11 is 0. The van der Waals surface area contributed by atoms with Crippen LogP contribution in [0.2, 0.25) is 0 Å². The van der Waals surface area contributed by atoms with Crippen LogP contribution in [-0.4, -0.2) is 4.98 Å². The minimum Gasteiger partial charge on any atom is -0.256 e. The van der Waals surface area contributed by atoms with Crippen molar-refractivity contribution in [3.8, 4) is 22.4 Å². The molecule has 0 N–H and O–H groups in total. The van der Waals surface area contributed by atoms with E-state index in [1.807, 2.05) is 12.1 Å². The number of hydrogen-bond acceptors (Lipinski definition) is 1. The molecule has 0 saturated carbocycles. The highest BCUT2D eigenvalue weighted by molar-refractivity contribution is 5.67. The van der Waals surface area contributed by atoms with Crippen molar-refractivity contribution in [2.75, 3.05) is 0 Å². The highest BCUT2D eigenvalue weighted by atomic mass is 19.2. The van der Waals surface area contributed by atoms with Gasteiger partial charge in [0.05, 0.1) is 5.69 Å². The van der Waals surface area contributed by atoms with Gasteiger partial charge >= 0.3 is 0 Å². The van der Waals surface area contributed by atoms with Gasteiger partial charge < -0.3 is 0 Å². The smallest absolute Gasteiger partial charge is 0.159 e. The lowest BCUT2D eigenvalue weighted by Crippen LogP contribution is -1.89. The van der Waals surface area contributed by atoms with E-state index in [-0.39, 0.29) is 0 Å². The summed E-state index contributed by atoms with van der Waals surface area (Å²) in [5, 5.41) is 0. The Balaban J connectivity index is 1.74. The Labute approximate surface area is 147 Å². The van der Waals surface area contributed by atoms with E-state index in [2.05, 4.69) is 36.2 Å². The molecule has 0 radical (unpaired) electrons. The van der Waals surface area contributed by atoms with Gasteiger partial charge in [-0.1, -0.05) is 50.1 Å². The summed E-state index contributed by atoms with van der Waals surface area (Å²) in [6.07, 6.45) is 6.59. The zero-order chi connectivity index (χ0) is 17.6. The Kier molecular flexibility index (Phi) is 5.54. The third kappa shape index (κ3) is 4.30. The topological polar surface area (TPSA) is 12.9 Å². The van der Waals surface area contributed by atoms with E-state index in [1.165, 1.54) is 37.0 Å². The van der Waals surface area contributed by atoms with Crippen molar-refractivity contribution < 1.29 is 8.78 Å². The van der Waals surface area contributed by atoms with Gasteiger partial charge in [-0.25, -0.2) is 8.78 Å². The van der Waals surface area contributed by atoms with Crippen molar-refractivity contribution in [3.05, 3.63) is 78.0 Å². The Morgan fingerprint density at radius 3 is 2.12 bits per heavy atom. The number of halogens is 2. The SMILES string of the molecule is CCCCCc1ccc(-c2ccc(-c3ccc(F)c(F)c3)nc2)cc1. The van der Waals surface area contributed by atoms with Crippen LogP contribution in [0.5, 0.6) is 0 Å². The molecule has 0 aliphatic rings. The predicted molar refractivity (Wildman–Crippen MR) is 98.3 cm³/mol. The summed E-state index contributed by atoms with van der Waals surface area (Å²) in [4.78, 5) is 4.39. The summed E-state index contributed by atoms with van der Waals surface area (Å²) in [5.41, 5.74) is 4.65. The number of benzene rings is 2. The van der Waals surface area contributed by atoms with Crippen LogP contribution in [0.1, 0.15) is 31.7 Å². The fourth-order valence-corrected chi connectivity index (χ4v) is 2.83. The Morgan fingerprint density at radius 1 is 0.760 bits per heavy atom. The molecule has 128 valence electrons. The van der Waals surface area contributed by atoms with Gasteiger partial charge in [-0.15, -0.1) is 0 Å². The van der Waals surface area contributed by atoms with Gasteiger partial charge in [0.2, 0.25) is 0 Å². The van der Waals surface area contributed by atoms with E-state index < -0.39 is 11.6 Å². The maximum atomic E-state index is 13.4. The number of nitrogens with zero attached hydrogens (tertiary/aromatic N) is 1. The number of unbranched alkanes of at least 4 members (excludes halogenated alkanes) is 2. The van der Waals surface area contributed by atoms with Gasteiger partial charge in [-0.2, -0.15) is 0 Å². The van der Waals surface area contributed by atoms with Crippen LogP contribution < -0.4 is 0 Å². The molecule has 0 amide bonds. The first-order valence-corrected chi connectivity index (χ1v) is 8.68. The summed E-state index contributed by atoms with van der Waals surface area (Å²) < 4.78 is 26.4. The second kappa shape index (κ2) is 8.02. The second-order valence-electron chi connectivity index (χ2n) is 6.22. The van der Waals surface area contributed by atoms with Crippen LogP contribution in [0.3, 0.4) is 0 Å². The molecule has 1 nitrogen and oxygen atoms in total. The molecule has 3 heteroatoms. The van der Waals surface area contributed by atoms with Crippen molar-refractivity contribution in [1.82, 2.24) is 4.98 Å². The molecule has 2 aromatic carbocycles. The number of rotatable bonds is 6. The van der Waals surface area contributed by atoms with Crippen molar-refractivity contribution in [3.63, 3.8) is 0 Å². The number of aryl methyl sites for hydroxylation is 1. The molecule has 0 aliphatic heterocycles. The summed E-state index contributed by atoms with van der Waals surface area (Å²) in [6, 6.07) is 16.1. The highest BCUT2D eigenvalue weighted by Gasteiger charge is 2.06. The largest absolute Gasteiger partial charge is 0.256 e. The molecule has 0 spiro atoms. The monoisotopic (exact) mass is 337 g/mol. The minimum absolute atomic E-state index is 0.566. The van der Waals surface area contributed by atoms with Crippen LogP contribution in [-0.2, 0) is 6.42 Å². The molecular formula is C22H21F2N. The van der Waals surface area contributed by atoms with Crippen LogP contribution in [0, 0.1) is 11.6 Å². The molecule has 0 aliphatic carbocycles. The zero-order valence-electron chi connectivity index (χ0n) is 14.3. The minimum atomic E-state index is -0.859. The average molecular weight is 337 g/mol. The van der Waals surface area contributed by atoms with E-state index >= 15 is 0 Å². The first kappa shape index (κ1) is 17.3. The molecule has 25 heavy (non-hydrogen) atoms. The highest BCUT2D eigenvalue weighted by Crippen LogP contribution is 2.24. The number of hydrogen-bond donors (Lipinski definition) is 0. The Bertz CT molecular complexity index is 824. The van der Waals surface area contributed by atoms with Crippen molar-refractivity contribution in [1.29, 1.82) is 0 Å². The molecule has 0 atom stereocenters. The van der Waals surface area contributed by atoms with Gasteiger partial charge in [-0.05, 0) is 48.2 Å². The van der Waals surface area contributed by atoms with Gasteiger partial charge in [0.25, 0.3) is 0 Å². The summed E-state index contributed by atoms with van der Waals surface area (Å²) in [5.74, 6) is -1.71. The number of pyridine rings is 1. The lowest BCUT2D eigenvalue weighted by Gasteiger charge is -2.06. The molecule has 0 bridgehead atoms. The van der Waals surface area contributed by atoms with Gasteiger partial charge in [-0.3, -0.25) is 4.98 Å². The van der Waals surface area contributed by atoms with Crippen LogP contribution in [0.25, 0.3) is 22.4 Å². The maximum absolute atomic E-state index is 13.4. The summed E-state index contributed by atoms with van der Waals surface area (Å²) in [6.45, 7) is 2.21. The van der Waals surface area contributed by atoms with Crippen molar-refractivity contribution >= 4 is 0 Å². The first-order chi connectivity index (χ1) is 12.2. The third-order valence-electron chi connectivity index (χ3n) is 4.34. The molecule has 3 rings (SSSR count). The lowest BCUT2D eigenvalue weighted by molar-refractivity contribution is 0.509. The average Bonchev–Trinajstić information content (AvgIpc) is 2.65. The van der Waals surface area contributed by atoms with Crippen LogP contribution in [0.4, 0.5) is 8.78 Å². The van der Waals surface area contributed by atoms with Gasteiger partial charge in [0.1, 0.15) is 0 Å². The maximum Gasteiger partial charge on any atom is 0.159 e. The van der Waals surface area contributed by atoms with Crippen LogP contribution >= 0.6 is 0 Å². The lowest BCUT2D eigenvalue weighted by atomic mass is 10.0. The Hall–Kier alpha value is -2.55. The van der Waals surface area contributed by atoms with Gasteiger partial charge in [0, 0.05) is 17.3 Å². The fourth-order valence-electron chi connectivity index (χ4n) is 2.83. The fraction of sp³-hybridized carbons (Fsp3) is 0.227. The number of aromatic nitrogens is 1. The van der Waals surface area contributed by atoms with Crippen LogP contribution in [0.15, 0.2) is 60.8 Å². The summed E-state index contributed by atoms with van der Waals surface area (Å²) in [7, 11) is 0. The first-order valence-electron chi connectivity index (χ1n) is 8.68. The quantitative estimate of drug-likeness (QED) is 0.473. The van der Waals surface area contributed by atoms with Crippen molar-refractivity contribution in [2.24, 2.45) is 0 Å². The molecule has 3 aromatic rings. The third-order valence-corrected chi connectivity index (χ3v) is 4.34. The second-order valence-corrected chi connectivity index (χ2v) is 6.22. The van der Waals surface area contributed by atoms with Gasteiger partial charge in [0.15, 0.2) is 11.6 Å². The Morgan fingerprint density at radius 2 is 1.48 bits per heavy atom. The molecule has 0 unspecified atom stereocenters. The van der Waals surface area contributed by atoms with E-state index in [9.17, 15) is 8.78 Å². The predicted octanol–water partition coefficient (Wildman–Crippen LogP) is 6.43. The van der Waals surface area contributed by atoms with E-state index in [0.29, 0.717) is 11.3 Å². The standard InChI is InChI=1S/C22H21F2N/c1-2-3-4-5-16-6-8-17(9-7-16)19-11-13-22(25-15-19)18-10-12-20(23)21(24)14-18/h6-15H,2-5H2,1H3. The normalized spacial score (nSPS) is 10.8. The van der Waals surface area contributed by atoms with E-state index in [1.54, 1.807) is 6.20 Å². The molecule has 1 aromatic heterocycles. The van der Waals surface area contributed by atoms with E-state index in [0.717, 1.165) is 23.6 Å². The molecule has 0 fully saturated rings. The molecule has 0 saturated heterocycles. The van der Waals surface area contributed by atoms with Crippen molar-refractivity contribution in [2.45, 2.75) is 32.6 Å². The van der Waals surface area contributed by atoms with E-state index in [4.69, 9.17) is 0 Å². The molecule has 1 heterocycles. The zero-order valence-corrected chi connectivity index (χ0v) is 14.3. The molecular weight excluding hydrogens is 316 g/mol.